The second-order valence-corrected chi connectivity index (χ2v) is 3.04. The Morgan fingerprint density at radius 1 is 1.42 bits per heavy atom. The van der Waals surface area contributed by atoms with Crippen LogP contribution in [0, 0.1) is 0 Å². The third-order valence-electron chi connectivity index (χ3n) is 2.29. The van der Waals surface area contributed by atoms with Crippen LogP contribution in [0.1, 0.15) is 27.9 Å². The molecule has 1 amide bonds. The van der Waals surface area contributed by atoms with Crippen LogP contribution in [0.3, 0.4) is 0 Å². The molecule has 62 valence electrons. The molecule has 0 unspecified atom stereocenters. The summed E-state index contributed by atoms with van der Waals surface area (Å²) in [5.41, 5.74) is 8.10. The molecule has 0 radical (unpaired) electrons. The monoisotopic (exact) mass is 162 g/mol. The minimum atomic E-state index is -0.360. The van der Waals surface area contributed by atoms with Crippen molar-refractivity contribution in [3.63, 3.8) is 0 Å². The van der Waals surface area contributed by atoms with E-state index in [1.807, 2.05) is 6.20 Å². The molecule has 0 bridgehead atoms. The van der Waals surface area contributed by atoms with Gasteiger partial charge in [-0.3, -0.25) is 9.78 Å². The predicted octanol–water partition coefficient (Wildman–Crippen LogP) is 0.669. The third kappa shape index (κ3) is 0.978. The number of nitrogens with zero attached hydrogens (tertiary/aromatic N) is 1. The van der Waals surface area contributed by atoms with Gasteiger partial charge >= 0.3 is 0 Å². The van der Waals surface area contributed by atoms with Gasteiger partial charge in [0.05, 0.1) is 5.56 Å². The van der Waals surface area contributed by atoms with Gasteiger partial charge < -0.3 is 5.73 Å². The molecule has 0 fully saturated rings. The fourth-order valence-electron chi connectivity index (χ4n) is 1.71. The summed E-state index contributed by atoms with van der Waals surface area (Å²) >= 11 is 0. The van der Waals surface area contributed by atoms with E-state index >= 15 is 0 Å². The van der Waals surface area contributed by atoms with Gasteiger partial charge in [-0.2, -0.15) is 0 Å². The molecule has 1 aliphatic rings. The highest BCUT2D eigenvalue weighted by atomic mass is 16.1. The van der Waals surface area contributed by atoms with Crippen molar-refractivity contribution in [3.05, 3.63) is 29.1 Å². The molecule has 3 nitrogen and oxygen atoms in total. The van der Waals surface area contributed by atoms with Crippen LogP contribution in [0.25, 0.3) is 0 Å². The number of amides is 1. The molecule has 1 heterocycles. The quantitative estimate of drug-likeness (QED) is 0.659. The maximum Gasteiger partial charge on any atom is 0.250 e. The number of fused-ring (bicyclic) bond motifs is 1. The Kier molecular flexibility index (Phi) is 1.57. The lowest BCUT2D eigenvalue weighted by Crippen LogP contribution is -2.14. The second-order valence-electron chi connectivity index (χ2n) is 3.04. The van der Waals surface area contributed by atoms with Crippen LogP contribution >= 0.6 is 0 Å². The number of hydrogen-bond acceptors (Lipinski definition) is 2. The lowest BCUT2D eigenvalue weighted by molar-refractivity contribution is 0.0999. The van der Waals surface area contributed by atoms with Crippen molar-refractivity contribution in [2.75, 3.05) is 0 Å². The fourth-order valence-corrected chi connectivity index (χ4v) is 1.71. The first-order chi connectivity index (χ1) is 5.79. The van der Waals surface area contributed by atoms with Gasteiger partial charge in [-0.15, -0.1) is 0 Å². The van der Waals surface area contributed by atoms with Gasteiger partial charge in [-0.05, 0) is 30.4 Å². The lowest BCUT2D eigenvalue weighted by atomic mass is 10.1. The standard InChI is InChI=1S/C9H10N2O/c10-9(12)8-5-11-4-6-2-1-3-7(6)8/h4-5H,1-3H2,(H2,10,12). The number of nitrogens with two attached hydrogens (primary N) is 1. The lowest BCUT2D eigenvalue weighted by Gasteiger charge is -2.02. The number of rotatable bonds is 1. The van der Waals surface area contributed by atoms with E-state index in [-0.39, 0.29) is 5.91 Å². The minimum Gasteiger partial charge on any atom is -0.366 e. The van der Waals surface area contributed by atoms with Crippen LogP contribution in [0.4, 0.5) is 0 Å². The Bertz CT molecular complexity index is 333. The van der Waals surface area contributed by atoms with Crippen molar-refractivity contribution in [2.45, 2.75) is 19.3 Å². The third-order valence-corrected chi connectivity index (χ3v) is 2.29. The number of pyridine rings is 1. The van der Waals surface area contributed by atoms with Crippen LogP contribution in [0.2, 0.25) is 0 Å². The normalized spacial score (nSPS) is 14.3. The molecule has 2 rings (SSSR count). The number of carbonyl (C=O) groups is 1. The van der Waals surface area contributed by atoms with Crippen molar-refractivity contribution < 1.29 is 4.79 Å². The van der Waals surface area contributed by atoms with E-state index in [4.69, 9.17) is 5.73 Å². The zero-order chi connectivity index (χ0) is 8.55. The van der Waals surface area contributed by atoms with E-state index in [1.54, 1.807) is 6.20 Å². The van der Waals surface area contributed by atoms with Crippen LogP contribution in [-0.2, 0) is 12.8 Å². The van der Waals surface area contributed by atoms with Gasteiger partial charge in [0.2, 0.25) is 0 Å². The maximum absolute atomic E-state index is 10.9. The smallest absolute Gasteiger partial charge is 0.250 e. The summed E-state index contributed by atoms with van der Waals surface area (Å²) in [7, 11) is 0. The highest BCUT2D eigenvalue weighted by molar-refractivity contribution is 5.94. The summed E-state index contributed by atoms with van der Waals surface area (Å²) < 4.78 is 0. The number of primary amides is 1. The van der Waals surface area contributed by atoms with E-state index in [9.17, 15) is 4.79 Å². The van der Waals surface area contributed by atoms with E-state index in [0.717, 1.165) is 24.8 Å². The zero-order valence-electron chi connectivity index (χ0n) is 6.71. The summed E-state index contributed by atoms with van der Waals surface area (Å²) in [6.07, 6.45) is 6.50. The van der Waals surface area contributed by atoms with Crippen molar-refractivity contribution in [1.82, 2.24) is 4.98 Å². The molecule has 0 saturated heterocycles. The molecule has 1 aromatic rings. The highest BCUT2D eigenvalue weighted by Gasteiger charge is 2.17. The molecule has 0 aliphatic heterocycles. The fraction of sp³-hybridized carbons (Fsp3) is 0.333. The molecule has 0 spiro atoms. The molecule has 3 heteroatoms. The first kappa shape index (κ1) is 7.28. The Morgan fingerprint density at radius 2 is 2.25 bits per heavy atom. The summed E-state index contributed by atoms with van der Waals surface area (Å²) in [4.78, 5) is 14.9. The number of hydrogen-bond donors (Lipinski definition) is 1. The van der Waals surface area contributed by atoms with E-state index in [0.29, 0.717) is 5.56 Å². The molecule has 1 aliphatic carbocycles. The molecule has 12 heavy (non-hydrogen) atoms. The topological polar surface area (TPSA) is 56.0 Å². The van der Waals surface area contributed by atoms with E-state index in [1.165, 1.54) is 5.56 Å². The summed E-state index contributed by atoms with van der Waals surface area (Å²) in [5.74, 6) is -0.360. The molecular weight excluding hydrogens is 152 g/mol. The summed E-state index contributed by atoms with van der Waals surface area (Å²) in [5, 5.41) is 0. The Balaban J connectivity index is 2.56. The largest absolute Gasteiger partial charge is 0.366 e. The van der Waals surface area contributed by atoms with Gasteiger partial charge in [0.15, 0.2) is 0 Å². The van der Waals surface area contributed by atoms with Crippen molar-refractivity contribution in [1.29, 1.82) is 0 Å². The van der Waals surface area contributed by atoms with Gasteiger partial charge in [-0.25, -0.2) is 0 Å². The molecule has 0 saturated carbocycles. The van der Waals surface area contributed by atoms with Crippen molar-refractivity contribution in [3.8, 4) is 0 Å². The molecule has 1 aromatic heterocycles. The first-order valence-corrected chi connectivity index (χ1v) is 4.04. The maximum atomic E-state index is 10.9. The van der Waals surface area contributed by atoms with E-state index < -0.39 is 0 Å². The SMILES string of the molecule is NC(=O)c1cncc2c1CCC2. The summed E-state index contributed by atoms with van der Waals surface area (Å²) in [6.45, 7) is 0. The Hall–Kier alpha value is -1.38. The number of aryl methyl sites for hydroxylation is 1. The van der Waals surface area contributed by atoms with Crippen molar-refractivity contribution in [2.24, 2.45) is 5.73 Å². The highest BCUT2D eigenvalue weighted by Crippen LogP contribution is 2.23. The molecule has 2 N–H and O–H groups in total. The first-order valence-electron chi connectivity index (χ1n) is 4.04. The van der Waals surface area contributed by atoms with Gasteiger partial charge in [0.1, 0.15) is 0 Å². The zero-order valence-corrected chi connectivity index (χ0v) is 6.71. The number of carbonyl (C=O) groups excluding carboxylic acids is 1. The predicted molar refractivity (Wildman–Crippen MR) is 44.8 cm³/mol. The molecule has 0 atom stereocenters. The Labute approximate surface area is 70.6 Å². The minimum absolute atomic E-state index is 0.360. The van der Waals surface area contributed by atoms with Crippen LogP contribution < -0.4 is 5.73 Å². The van der Waals surface area contributed by atoms with Crippen LogP contribution in [0.15, 0.2) is 12.4 Å². The Morgan fingerprint density at radius 3 is 3.00 bits per heavy atom. The van der Waals surface area contributed by atoms with Crippen LogP contribution in [-0.4, -0.2) is 10.9 Å². The number of aromatic nitrogens is 1. The molecule has 0 aromatic carbocycles. The van der Waals surface area contributed by atoms with Gasteiger partial charge in [-0.1, -0.05) is 0 Å². The van der Waals surface area contributed by atoms with Crippen molar-refractivity contribution >= 4 is 5.91 Å². The summed E-state index contributed by atoms with van der Waals surface area (Å²) in [6, 6.07) is 0. The van der Waals surface area contributed by atoms with E-state index in [2.05, 4.69) is 4.98 Å². The van der Waals surface area contributed by atoms with Crippen LogP contribution in [0.5, 0.6) is 0 Å². The van der Waals surface area contributed by atoms with Gasteiger partial charge in [0, 0.05) is 12.4 Å². The molecular formula is C9H10N2O. The van der Waals surface area contributed by atoms with Gasteiger partial charge in [0.25, 0.3) is 5.91 Å². The average molecular weight is 162 g/mol. The average Bonchev–Trinajstić information content (AvgIpc) is 2.49. The second kappa shape index (κ2) is 2.59.